The minimum Gasteiger partial charge on any atom is -0.364 e. The van der Waals surface area contributed by atoms with E-state index in [-0.39, 0.29) is 11.9 Å². The van der Waals surface area contributed by atoms with E-state index in [0.29, 0.717) is 17.9 Å². The summed E-state index contributed by atoms with van der Waals surface area (Å²) >= 11 is 0. The molecule has 1 N–H and O–H groups in total. The number of imidazole rings is 1. The van der Waals surface area contributed by atoms with Crippen molar-refractivity contribution in [3.8, 4) is 0 Å². The molecule has 0 saturated carbocycles. The van der Waals surface area contributed by atoms with Crippen molar-refractivity contribution < 1.29 is 9.32 Å². The average molecular weight is 364 g/mol. The maximum absolute atomic E-state index is 12.7. The molecule has 1 amide bonds. The molecule has 138 valence electrons. The van der Waals surface area contributed by atoms with Gasteiger partial charge in [0.2, 0.25) is 0 Å². The van der Waals surface area contributed by atoms with Crippen molar-refractivity contribution in [2.75, 3.05) is 7.05 Å². The lowest BCUT2D eigenvalue weighted by atomic mass is 10.2. The van der Waals surface area contributed by atoms with Crippen molar-refractivity contribution in [3.05, 3.63) is 65.6 Å². The number of rotatable bonds is 5. The highest BCUT2D eigenvalue weighted by Gasteiger charge is 2.23. The van der Waals surface area contributed by atoms with E-state index in [1.54, 1.807) is 24.1 Å². The highest BCUT2D eigenvalue weighted by atomic mass is 16.5. The summed E-state index contributed by atoms with van der Waals surface area (Å²) in [6.45, 7) is 4.43. The number of aromatic nitrogens is 5. The van der Waals surface area contributed by atoms with Gasteiger partial charge in [0.15, 0.2) is 0 Å². The molecule has 4 aromatic rings. The molecule has 1 aromatic carbocycles. The Labute approximate surface area is 155 Å². The Morgan fingerprint density at radius 3 is 2.93 bits per heavy atom. The molecule has 27 heavy (non-hydrogen) atoms. The molecule has 3 heterocycles. The summed E-state index contributed by atoms with van der Waals surface area (Å²) in [5.41, 5.74) is 3.90. The molecule has 0 saturated heterocycles. The van der Waals surface area contributed by atoms with Gasteiger partial charge in [-0.3, -0.25) is 9.89 Å². The van der Waals surface area contributed by atoms with E-state index in [4.69, 9.17) is 4.52 Å². The van der Waals surface area contributed by atoms with Crippen LogP contribution in [0, 0.1) is 6.92 Å². The summed E-state index contributed by atoms with van der Waals surface area (Å²) in [5.74, 6) is 0.732. The van der Waals surface area contributed by atoms with Gasteiger partial charge in [0.1, 0.15) is 23.5 Å². The maximum atomic E-state index is 12.7. The van der Waals surface area contributed by atoms with E-state index in [2.05, 4.69) is 24.9 Å². The topological polar surface area (TPSA) is 92.8 Å². The second-order valence-electron chi connectivity index (χ2n) is 6.53. The standard InChI is InChI=1S/C19H20N6O2/c1-12(15-8-9-27-23-15)24(3)19(26)17-10-14(21-22-17)11-25-13(2)20-16-6-4-5-7-18(16)25/h4-10,12H,11H2,1-3H3,(H,21,22). The zero-order valence-corrected chi connectivity index (χ0v) is 15.4. The molecule has 3 aromatic heterocycles. The van der Waals surface area contributed by atoms with E-state index < -0.39 is 0 Å². The Morgan fingerprint density at radius 2 is 2.15 bits per heavy atom. The molecule has 0 fully saturated rings. The molecular weight excluding hydrogens is 344 g/mol. The van der Waals surface area contributed by atoms with E-state index >= 15 is 0 Å². The lowest BCUT2D eigenvalue weighted by molar-refractivity contribution is 0.0731. The van der Waals surface area contributed by atoms with Gasteiger partial charge < -0.3 is 14.0 Å². The Kier molecular flexibility index (Phi) is 4.23. The normalized spacial score (nSPS) is 12.4. The minimum atomic E-state index is -0.212. The van der Waals surface area contributed by atoms with Crippen LogP contribution in [0.1, 0.15) is 40.7 Å². The fraction of sp³-hybridized carbons (Fsp3) is 0.263. The largest absolute Gasteiger partial charge is 0.364 e. The quantitative estimate of drug-likeness (QED) is 0.588. The number of nitrogens with zero attached hydrogens (tertiary/aromatic N) is 5. The molecular formula is C19H20N6O2. The molecule has 0 aliphatic heterocycles. The second kappa shape index (κ2) is 6.71. The number of fused-ring (bicyclic) bond motifs is 1. The third kappa shape index (κ3) is 3.10. The zero-order valence-electron chi connectivity index (χ0n) is 15.4. The zero-order chi connectivity index (χ0) is 19.0. The van der Waals surface area contributed by atoms with Crippen LogP contribution in [0.25, 0.3) is 11.0 Å². The number of hydrogen-bond acceptors (Lipinski definition) is 5. The van der Waals surface area contributed by atoms with Crippen LogP contribution in [-0.4, -0.2) is 42.8 Å². The van der Waals surface area contributed by atoms with Crippen molar-refractivity contribution in [2.24, 2.45) is 0 Å². The summed E-state index contributed by atoms with van der Waals surface area (Å²) in [6.07, 6.45) is 1.49. The van der Waals surface area contributed by atoms with Crippen LogP contribution < -0.4 is 0 Å². The summed E-state index contributed by atoms with van der Waals surface area (Å²) in [4.78, 5) is 18.9. The highest BCUT2D eigenvalue weighted by Crippen LogP contribution is 2.20. The van der Waals surface area contributed by atoms with E-state index in [1.807, 2.05) is 38.1 Å². The number of carbonyl (C=O) groups excluding carboxylic acids is 1. The number of H-pyrrole nitrogens is 1. The van der Waals surface area contributed by atoms with Crippen LogP contribution in [-0.2, 0) is 6.54 Å². The van der Waals surface area contributed by atoms with Gasteiger partial charge in [-0.1, -0.05) is 17.3 Å². The monoisotopic (exact) mass is 364 g/mol. The predicted molar refractivity (Wildman–Crippen MR) is 99.2 cm³/mol. The van der Waals surface area contributed by atoms with Gasteiger partial charge in [-0.05, 0) is 32.0 Å². The van der Waals surface area contributed by atoms with Gasteiger partial charge in [0.05, 0.1) is 29.3 Å². The van der Waals surface area contributed by atoms with Crippen molar-refractivity contribution >= 4 is 16.9 Å². The van der Waals surface area contributed by atoms with Crippen LogP contribution >= 0.6 is 0 Å². The van der Waals surface area contributed by atoms with Gasteiger partial charge in [0, 0.05) is 13.1 Å². The molecule has 0 spiro atoms. The van der Waals surface area contributed by atoms with E-state index in [0.717, 1.165) is 22.6 Å². The van der Waals surface area contributed by atoms with Gasteiger partial charge in [-0.15, -0.1) is 0 Å². The maximum Gasteiger partial charge on any atom is 0.274 e. The van der Waals surface area contributed by atoms with Gasteiger partial charge >= 0.3 is 0 Å². The summed E-state index contributed by atoms with van der Waals surface area (Å²) in [5, 5.41) is 11.1. The number of aromatic amines is 1. The molecule has 8 nitrogen and oxygen atoms in total. The summed E-state index contributed by atoms with van der Waals surface area (Å²) < 4.78 is 6.96. The van der Waals surface area contributed by atoms with Crippen molar-refractivity contribution in [3.63, 3.8) is 0 Å². The number of para-hydroxylation sites is 2. The number of hydrogen-bond donors (Lipinski definition) is 1. The Bertz CT molecular complexity index is 1080. The lowest BCUT2D eigenvalue weighted by Gasteiger charge is -2.21. The molecule has 0 bridgehead atoms. The molecule has 8 heteroatoms. The molecule has 0 aliphatic carbocycles. The number of carbonyl (C=O) groups is 1. The number of benzene rings is 1. The third-order valence-corrected chi connectivity index (χ3v) is 4.81. The Hall–Kier alpha value is -3.42. The first kappa shape index (κ1) is 17.0. The van der Waals surface area contributed by atoms with Crippen molar-refractivity contribution in [1.82, 2.24) is 29.8 Å². The van der Waals surface area contributed by atoms with Gasteiger partial charge in [-0.2, -0.15) is 5.10 Å². The highest BCUT2D eigenvalue weighted by molar-refractivity contribution is 5.92. The van der Waals surface area contributed by atoms with Crippen LogP contribution in [0.4, 0.5) is 0 Å². The SMILES string of the molecule is Cc1nc2ccccc2n1Cc1cc(C(=O)N(C)C(C)c2ccon2)n[nH]1. The molecule has 0 radical (unpaired) electrons. The average Bonchev–Trinajstić information content (AvgIpc) is 3.41. The molecule has 1 unspecified atom stereocenters. The third-order valence-electron chi connectivity index (χ3n) is 4.81. The molecule has 4 rings (SSSR count). The van der Waals surface area contributed by atoms with E-state index in [9.17, 15) is 4.79 Å². The summed E-state index contributed by atoms with van der Waals surface area (Å²) in [7, 11) is 1.73. The van der Waals surface area contributed by atoms with Crippen molar-refractivity contribution in [1.29, 1.82) is 0 Å². The lowest BCUT2D eigenvalue weighted by Crippen LogP contribution is -2.30. The Balaban J connectivity index is 1.54. The minimum absolute atomic E-state index is 0.180. The van der Waals surface area contributed by atoms with Crippen LogP contribution in [0.5, 0.6) is 0 Å². The van der Waals surface area contributed by atoms with Gasteiger partial charge in [0.25, 0.3) is 5.91 Å². The first-order valence-electron chi connectivity index (χ1n) is 8.68. The first-order valence-corrected chi connectivity index (χ1v) is 8.68. The van der Waals surface area contributed by atoms with Crippen LogP contribution in [0.15, 0.2) is 47.2 Å². The van der Waals surface area contributed by atoms with Crippen LogP contribution in [0.3, 0.4) is 0 Å². The predicted octanol–water partition coefficient (Wildman–Crippen LogP) is 2.94. The Morgan fingerprint density at radius 1 is 1.33 bits per heavy atom. The van der Waals surface area contributed by atoms with Crippen molar-refractivity contribution in [2.45, 2.75) is 26.4 Å². The smallest absolute Gasteiger partial charge is 0.274 e. The second-order valence-corrected chi connectivity index (χ2v) is 6.53. The summed E-state index contributed by atoms with van der Waals surface area (Å²) in [6, 6.07) is 11.3. The first-order chi connectivity index (χ1) is 13.0. The van der Waals surface area contributed by atoms with Crippen LogP contribution in [0.2, 0.25) is 0 Å². The number of nitrogens with one attached hydrogen (secondary N) is 1. The van der Waals surface area contributed by atoms with Gasteiger partial charge in [-0.25, -0.2) is 4.98 Å². The molecule has 0 aliphatic rings. The fourth-order valence-electron chi connectivity index (χ4n) is 3.11. The fourth-order valence-corrected chi connectivity index (χ4v) is 3.11. The number of amides is 1. The molecule has 1 atom stereocenters. The van der Waals surface area contributed by atoms with E-state index in [1.165, 1.54) is 6.26 Å². The number of aryl methyl sites for hydroxylation is 1.